The normalized spacial score (nSPS) is 10.8. The number of hydrogen-bond acceptors (Lipinski definition) is 6. The molecule has 0 aliphatic heterocycles. The van der Waals surface area contributed by atoms with Crippen molar-refractivity contribution in [2.24, 2.45) is 0 Å². The highest BCUT2D eigenvalue weighted by atomic mass is 19.4. The summed E-state index contributed by atoms with van der Waals surface area (Å²) < 4.78 is 42.5. The number of anilines is 2. The van der Waals surface area contributed by atoms with Crippen molar-refractivity contribution < 1.29 is 32.6 Å². The smallest absolute Gasteiger partial charge is 0.416 e. The lowest BCUT2D eigenvalue weighted by Crippen LogP contribution is -2.27. The molecule has 0 aliphatic rings. The monoisotopic (exact) mass is 441 g/mol. The number of nitrogens with one attached hydrogen (secondary N) is 1. The molecule has 0 saturated heterocycles. The predicted molar refractivity (Wildman–Crippen MR) is 110 cm³/mol. The molecule has 2 N–H and O–H groups in total. The Hall–Kier alpha value is -3.14. The molecule has 0 aliphatic carbocycles. The van der Waals surface area contributed by atoms with Crippen molar-refractivity contribution in [1.29, 1.82) is 0 Å². The molecule has 2 rings (SSSR count). The van der Waals surface area contributed by atoms with E-state index in [0.717, 1.165) is 31.8 Å². The van der Waals surface area contributed by atoms with E-state index in [-0.39, 0.29) is 23.0 Å². The van der Waals surface area contributed by atoms with Gasteiger partial charge in [0.25, 0.3) is 0 Å². The molecule has 0 amide bonds. The number of carbonyl (C=O) groups is 2. The molecule has 0 bridgehead atoms. The number of nitrogens with zero attached hydrogens (tertiary/aromatic N) is 2. The molecule has 10 heteroatoms. The van der Waals surface area contributed by atoms with Crippen LogP contribution in [-0.4, -0.2) is 53.2 Å². The van der Waals surface area contributed by atoms with Crippen molar-refractivity contribution in [2.45, 2.75) is 26.9 Å². The number of alkyl halides is 3. The second-order valence-corrected chi connectivity index (χ2v) is 6.28. The van der Waals surface area contributed by atoms with E-state index >= 15 is 0 Å². The fourth-order valence-electron chi connectivity index (χ4n) is 2.45. The molecular formula is C21H26F3N3O4. The Morgan fingerprint density at radius 1 is 1.16 bits per heavy atom. The Morgan fingerprint density at radius 2 is 1.84 bits per heavy atom. The number of ether oxygens (including phenoxy) is 1. The first-order valence-electron chi connectivity index (χ1n) is 9.56. The Morgan fingerprint density at radius 3 is 2.39 bits per heavy atom. The highest BCUT2D eigenvalue weighted by molar-refractivity contribution is 5.93. The lowest BCUT2D eigenvalue weighted by molar-refractivity contribution is -0.141. The van der Waals surface area contributed by atoms with Crippen LogP contribution in [0, 0.1) is 0 Å². The summed E-state index contributed by atoms with van der Waals surface area (Å²) in [5, 5.41) is 11.5. The van der Waals surface area contributed by atoms with Gasteiger partial charge < -0.3 is 20.1 Å². The van der Waals surface area contributed by atoms with Crippen LogP contribution in [-0.2, 0) is 15.7 Å². The number of carboxylic acid groups (broad SMARTS) is 1. The van der Waals surface area contributed by atoms with Gasteiger partial charge in [-0.1, -0.05) is 19.9 Å². The summed E-state index contributed by atoms with van der Waals surface area (Å²) in [6.07, 6.45) is -3.11. The molecule has 0 radical (unpaired) electrons. The number of esters is 1. The van der Waals surface area contributed by atoms with Gasteiger partial charge in [-0.15, -0.1) is 0 Å². The van der Waals surface area contributed by atoms with Gasteiger partial charge in [-0.25, -0.2) is 9.78 Å². The Balaban J connectivity index is 0.000000373. The van der Waals surface area contributed by atoms with Crippen molar-refractivity contribution >= 4 is 23.4 Å². The first kappa shape index (κ1) is 25.9. The number of aromatic carboxylic acids is 1. The minimum absolute atomic E-state index is 0.0145. The van der Waals surface area contributed by atoms with Crippen LogP contribution in [0.1, 0.15) is 36.7 Å². The molecule has 7 nitrogen and oxygen atoms in total. The molecule has 31 heavy (non-hydrogen) atoms. The molecule has 0 spiro atoms. The summed E-state index contributed by atoms with van der Waals surface area (Å²) in [5.74, 6) is -1.43. The van der Waals surface area contributed by atoms with Crippen molar-refractivity contribution in [3.05, 3.63) is 53.7 Å². The summed E-state index contributed by atoms with van der Waals surface area (Å²) in [6.45, 7) is 9.00. The maximum Gasteiger partial charge on any atom is 0.416 e. The molecule has 1 aromatic carbocycles. The molecule has 0 saturated carbocycles. The standard InChI is InChI=1S/C13H9F3N2O2.C8H17NO2/c14-13(15,16)8-3-1-4-9(7-8)18-11-10(12(19)20)5-2-6-17-11;1-4-9(5-2)6-7-11-8(3)10/h1-7H,(H,17,18)(H,19,20);4-7H2,1-3H3. The van der Waals surface area contributed by atoms with Gasteiger partial charge in [0.15, 0.2) is 0 Å². The van der Waals surface area contributed by atoms with E-state index < -0.39 is 17.7 Å². The van der Waals surface area contributed by atoms with Crippen LogP contribution in [0.15, 0.2) is 42.6 Å². The predicted octanol–water partition coefficient (Wildman–Crippen LogP) is 4.43. The highest BCUT2D eigenvalue weighted by Crippen LogP contribution is 2.31. The maximum absolute atomic E-state index is 12.6. The molecule has 1 aromatic heterocycles. The van der Waals surface area contributed by atoms with Crippen molar-refractivity contribution in [3.63, 3.8) is 0 Å². The van der Waals surface area contributed by atoms with Crippen LogP contribution in [0.25, 0.3) is 0 Å². The number of carbonyl (C=O) groups excluding carboxylic acids is 1. The topological polar surface area (TPSA) is 91.8 Å². The average Bonchev–Trinajstić information content (AvgIpc) is 2.71. The number of aromatic nitrogens is 1. The van der Waals surface area contributed by atoms with Gasteiger partial charge in [-0.2, -0.15) is 13.2 Å². The number of halogens is 3. The number of rotatable bonds is 8. The zero-order valence-corrected chi connectivity index (χ0v) is 17.6. The number of pyridine rings is 1. The maximum atomic E-state index is 12.6. The van der Waals surface area contributed by atoms with E-state index in [1.54, 1.807) is 0 Å². The van der Waals surface area contributed by atoms with E-state index in [1.165, 1.54) is 37.4 Å². The van der Waals surface area contributed by atoms with Gasteiger partial charge in [0.2, 0.25) is 0 Å². The van der Waals surface area contributed by atoms with E-state index in [4.69, 9.17) is 9.84 Å². The first-order valence-corrected chi connectivity index (χ1v) is 9.56. The summed E-state index contributed by atoms with van der Waals surface area (Å²) in [6, 6.07) is 7.19. The van der Waals surface area contributed by atoms with E-state index in [0.29, 0.717) is 6.61 Å². The first-order chi connectivity index (χ1) is 14.6. The van der Waals surface area contributed by atoms with Crippen molar-refractivity contribution in [2.75, 3.05) is 31.6 Å². The molecule has 0 atom stereocenters. The Labute approximate surface area is 178 Å². The lowest BCUT2D eigenvalue weighted by Gasteiger charge is -2.16. The van der Waals surface area contributed by atoms with E-state index in [9.17, 15) is 22.8 Å². The van der Waals surface area contributed by atoms with Crippen molar-refractivity contribution in [1.82, 2.24) is 9.88 Å². The summed E-state index contributed by atoms with van der Waals surface area (Å²) in [5.41, 5.74) is -0.832. The third kappa shape index (κ3) is 9.47. The lowest BCUT2D eigenvalue weighted by atomic mass is 10.2. The fraction of sp³-hybridized carbons (Fsp3) is 0.381. The second-order valence-electron chi connectivity index (χ2n) is 6.28. The molecule has 2 aromatic rings. The van der Waals surface area contributed by atoms with Gasteiger partial charge in [0, 0.05) is 25.4 Å². The SMILES string of the molecule is CCN(CC)CCOC(C)=O.O=C(O)c1cccnc1Nc1cccc(C(F)(F)F)c1. The van der Waals surface area contributed by atoms with Crippen molar-refractivity contribution in [3.8, 4) is 0 Å². The van der Waals surface area contributed by atoms with E-state index in [2.05, 4.69) is 29.0 Å². The van der Waals surface area contributed by atoms with Gasteiger partial charge in [0.05, 0.1) is 5.56 Å². The van der Waals surface area contributed by atoms with Crippen LogP contribution >= 0.6 is 0 Å². The second kappa shape index (κ2) is 12.5. The molecule has 0 fully saturated rings. The molecule has 0 unspecified atom stereocenters. The minimum atomic E-state index is -4.46. The van der Waals surface area contributed by atoms with Gasteiger partial charge in [-0.3, -0.25) is 4.79 Å². The quantitative estimate of drug-likeness (QED) is 0.586. The van der Waals surface area contributed by atoms with Crippen LogP contribution in [0.3, 0.4) is 0 Å². The van der Waals surface area contributed by atoms with Crippen LogP contribution < -0.4 is 5.32 Å². The number of carboxylic acids is 1. The zero-order chi connectivity index (χ0) is 23.4. The summed E-state index contributed by atoms with van der Waals surface area (Å²) in [7, 11) is 0. The summed E-state index contributed by atoms with van der Waals surface area (Å²) in [4.78, 5) is 27.4. The van der Waals surface area contributed by atoms with Gasteiger partial charge in [-0.05, 0) is 43.4 Å². The minimum Gasteiger partial charge on any atom is -0.478 e. The number of likely N-dealkylation sites (N-methyl/N-ethyl adjacent to an activating group) is 1. The summed E-state index contributed by atoms with van der Waals surface area (Å²) >= 11 is 0. The van der Waals surface area contributed by atoms with Crippen LogP contribution in [0.5, 0.6) is 0 Å². The number of hydrogen-bond donors (Lipinski definition) is 2. The Bertz CT molecular complexity index is 856. The van der Waals surface area contributed by atoms with Gasteiger partial charge in [0.1, 0.15) is 18.0 Å². The highest BCUT2D eigenvalue weighted by Gasteiger charge is 2.30. The van der Waals surface area contributed by atoms with Gasteiger partial charge >= 0.3 is 18.1 Å². The largest absolute Gasteiger partial charge is 0.478 e. The fourth-order valence-corrected chi connectivity index (χ4v) is 2.45. The third-order valence-corrected chi connectivity index (χ3v) is 4.10. The zero-order valence-electron chi connectivity index (χ0n) is 17.6. The third-order valence-electron chi connectivity index (χ3n) is 4.10. The van der Waals surface area contributed by atoms with E-state index in [1.807, 2.05) is 0 Å². The average molecular weight is 441 g/mol. The number of benzene rings is 1. The molecule has 170 valence electrons. The van der Waals surface area contributed by atoms with Crippen LogP contribution in [0.2, 0.25) is 0 Å². The van der Waals surface area contributed by atoms with Crippen LogP contribution in [0.4, 0.5) is 24.7 Å². The molecule has 1 heterocycles. The molecular weight excluding hydrogens is 415 g/mol. The Kier molecular flexibility index (Phi) is 10.5.